The van der Waals surface area contributed by atoms with Crippen LogP contribution in [0.1, 0.15) is 6.92 Å². The molecule has 5 nitrogen and oxygen atoms in total. The van der Waals surface area contributed by atoms with E-state index in [1.807, 2.05) is 0 Å². The molecule has 1 rings (SSSR count). The van der Waals surface area contributed by atoms with Crippen LogP contribution in [-0.4, -0.2) is 38.9 Å². The third-order valence-corrected chi connectivity index (χ3v) is 1.56. The van der Waals surface area contributed by atoms with Gasteiger partial charge in [0.25, 0.3) is 0 Å². The van der Waals surface area contributed by atoms with Gasteiger partial charge in [-0.2, -0.15) is 0 Å². The molecule has 0 radical (unpaired) electrons. The summed E-state index contributed by atoms with van der Waals surface area (Å²) in [5.41, 5.74) is 0. The van der Waals surface area contributed by atoms with E-state index in [2.05, 4.69) is 4.74 Å². The molecule has 0 bridgehead atoms. The van der Waals surface area contributed by atoms with E-state index in [0.29, 0.717) is 0 Å². The van der Waals surface area contributed by atoms with E-state index in [-0.39, 0.29) is 0 Å². The fourth-order valence-electron chi connectivity index (χ4n) is 0.843. The van der Waals surface area contributed by atoms with Gasteiger partial charge in [-0.15, -0.1) is 0 Å². The van der Waals surface area contributed by atoms with Gasteiger partial charge in [0.05, 0.1) is 6.10 Å². The van der Waals surface area contributed by atoms with Crippen molar-refractivity contribution in [2.24, 2.45) is 0 Å². The predicted molar refractivity (Wildman–Crippen MR) is 34.8 cm³/mol. The second kappa shape index (κ2) is 2.69. The van der Waals surface area contributed by atoms with E-state index in [1.165, 1.54) is 6.92 Å². The molecule has 1 unspecified atom stereocenters. The standard InChI is InChI=1S/C6H10O5/c1-2-3(7)4(8)5(9)6(10)11-2/h2-3,6-10H,1H3/t2?,3-,6+/m0/s1. The zero-order valence-corrected chi connectivity index (χ0v) is 5.93. The Bertz CT molecular complexity index is 187. The first kappa shape index (κ1) is 8.32. The minimum atomic E-state index is -1.53. The van der Waals surface area contributed by atoms with Crippen LogP contribution >= 0.6 is 0 Å². The Kier molecular flexibility index (Phi) is 2.03. The zero-order valence-electron chi connectivity index (χ0n) is 5.93. The molecule has 0 aromatic carbocycles. The third-order valence-electron chi connectivity index (χ3n) is 1.56. The van der Waals surface area contributed by atoms with Gasteiger partial charge in [0.15, 0.2) is 11.5 Å². The Hall–Kier alpha value is -0.780. The molecular formula is C6H10O5. The van der Waals surface area contributed by atoms with Crippen molar-refractivity contribution >= 4 is 0 Å². The average Bonchev–Trinajstić information content (AvgIpc) is 1.97. The molecule has 0 aliphatic carbocycles. The number of hydrogen-bond acceptors (Lipinski definition) is 5. The van der Waals surface area contributed by atoms with Gasteiger partial charge >= 0.3 is 0 Å². The molecule has 0 fully saturated rings. The number of ether oxygens (including phenoxy) is 1. The molecule has 0 amide bonds. The molecule has 1 heterocycles. The first-order chi connectivity index (χ1) is 5.04. The largest absolute Gasteiger partial charge is 0.506 e. The highest BCUT2D eigenvalue weighted by Crippen LogP contribution is 2.20. The van der Waals surface area contributed by atoms with Crippen molar-refractivity contribution in [2.75, 3.05) is 0 Å². The number of aliphatic hydroxyl groups is 4. The molecule has 0 aromatic heterocycles. The molecule has 11 heavy (non-hydrogen) atoms. The zero-order chi connectivity index (χ0) is 8.59. The molecule has 0 spiro atoms. The Morgan fingerprint density at radius 1 is 1.18 bits per heavy atom. The number of hydrogen-bond donors (Lipinski definition) is 4. The van der Waals surface area contributed by atoms with Gasteiger partial charge in [0, 0.05) is 0 Å². The van der Waals surface area contributed by atoms with Crippen LogP contribution in [-0.2, 0) is 4.74 Å². The lowest BCUT2D eigenvalue weighted by Gasteiger charge is -2.27. The minimum Gasteiger partial charge on any atom is -0.506 e. The van der Waals surface area contributed by atoms with Gasteiger partial charge in [0.2, 0.25) is 6.29 Å². The highest BCUT2D eigenvalue weighted by molar-refractivity contribution is 5.10. The van der Waals surface area contributed by atoms with E-state index in [9.17, 15) is 0 Å². The van der Waals surface area contributed by atoms with Gasteiger partial charge in [0.1, 0.15) is 6.10 Å². The monoisotopic (exact) mass is 162 g/mol. The van der Waals surface area contributed by atoms with Crippen molar-refractivity contribution in [3.05, 3.63) is 11.5 Å². The van der Waals surface area contributed by atoms with Crippen molar-refractivity contribution in [1.82, 2.24) is 0 Å². The van der Waals surface area contributed by atoms with Gasteiger partial charge in [-0.1, -0.05) is 0 Å². The van der Waals surface area contributed by atoms with Crippen LogP contribution < -0.4 is 0 Å². The van der Waals surface area contributed by atoms with Crippen LogP contribution in [0.3, 0.4) is 0 Å². The molecule has 1 aliphatic heterocycles. The van der Waals surface area contributed by atoms with Gasteiger partial charge in [-0.25, -0.2) is 0 Å². The topological polar surface area (TPSA) is 90.2 Å². The summed E-state index contributed by atoms with van der Waals surface area (Å²) in [6.07, 6.45) is -3.52. The molecule has 0 saturated carbocycles. The van der Waals surface area contributed by atoms with E-state index < -0.39 is 30.0 Å². The maximum absolute atomic E-state index is 9.03. The summed E-state index contributed by atoms with van der Waals surface area (Å²) in [4.78, 5) is 0. The van der Waals surface area contributed by atoms with Crippen LogP contribution in [0.25, 0.3) is 0 Å². The second-order valence-electron chi connectivity index (χ2n) is 2.41. The lowest BCUT2D eigenvalue weighted by atomic mass is 10.1. The molecular weight excluding hydrogens is 152 g/mol. The second-order valence-corrected chi connectivity index (χ2v) is 2.41. The Labute approximate surface area is 63.2 Å². The van der Waals surface area contributed by atoms with Crippen molar-refractivity contribution < 1.29 is 25.2 Å². The maximum Gasteiger partial charge on any atom is 0.217 e. The summed E-state index contributed by atoms with van der Waals surface area (Å²) in [6.45, 7) is 1.47. The van der Waals surface area contributed by atoms with E-state index in [1.54, 1.807) is 0 Å². The SMILES string of the molecule is CC1O[C@@H](O)C(O)=C(O)[C@H]1O. The maximum atomic E-state index is 9.03. The molecule has 4 N–H and O–H groups in total. The van der Waals surface area contributed by atoms with Crippen LogP contribution in [0, 0.1) is 0 Å². The Morgan fingerprint density at radius 3 is 2.27 bits per heavy atom. The smallest absolute Gasteiger partial charge is 0.217 e. The summed E-state index contributed by atoms with van der Waals surface area (Å²) < 4.78 is 4.62. The average molecular weight is 162 g/mol. The summed E-state index contributed by atoms with van der Waals surface area (Å²) in [7, 11) is 0. The summed E-state index contributed by atoms with van der Waals surface area (Å²) in [6, 6.07) is 0. The highest BCUT2D eigenvalue weighted by atomic mass is 16.6. The Balaban J connectivity index is 2.89. The van der Waals surface area contributed by atoms with E-state index >= 15 is 0 Å². The summed E-state index contributed by atoms with van der Waals surface area (Å²) in [5, 5.41) is 35.6. The third kappa shape index (κ3) is 1.30. The summed E-state index contributed by atoms with van der Waals surface area (Å²) in [5.74, 6) is -1.35. The molecule has 64 valence electrons. The lowest BCUT2D eigenvalue weighted by molar-refractivity contribution is -0.172. The predicted octanol–water partition coefficient (Wildman–Crippen LogP) is -0.588. The van der Waals surface area contributed by atoms with E-state index in [4.69, 9.17) is 20.4 Å². The first-order valence-electron chi connectivity index (χ1n) is 3.17. The lowest BCUT2D eigenvalue weighted by Crippen LogP contribution is -2.39. The van der Waals surface area contributed by atoms with Gasteiger partial charge in [-0.3, -0.25) is 0 Å². The highest BCUT2D eigenvalue weighted by Gasteiger charge is 2.33. The van der Waals surface area contributed by atoms with E-state index in [0.717, 1.165) is 0 Å². The fraction of sp³-hybridized carbons (Fsp3) is 0.667. The number of rotatable bonds is 0. The van der Waals surface area contributed by atoms with Crippen LogP contribution in [0.5, 0.6) is 0 Å². The van der Waals surface area contributed by atoms with Crippen molar-refractivity contribution in [1.29, 1.82) is 0 Å². The Morgan fingerprint density at radius 2 is 1.73 bits per heavy atom. The quantitative estimate of drug-likeness (QED) is 0.382. The molecule has 5 heteroatoms. The van der Waals surface area contributed by atoms with Crippen molar-refractivity contribution in [2.45, 2.75) is 25.4 Å². The molecule has 0 saturated heterocycles. The van der Waals surface area contributed by atoms with Gasteiger partial charge in [-0.05, 0) is 6.92 Å². The summed E-state index contributed by atoms with van der Waals surface area (Å²) >= 11 is 0. The van der Waals surface area contributed by atoms with Gasteiger partial charge < -0.3 is 25.2 Å². The van der Waals surface area contributed by atoms with Crippen molar-refractivity contribution in [3.63, 3.8) is 0 Å². The van der Waals surface area contributed by atoms with Crippen LogP contribution in [0.15, 0.2) is 11.5 Å². The first-order valence-corrected chi connectivity index (χ1v) is 3.17. The molecule has 1 aliphatic rings. The molecule has 3 atom stereocenters. The normalized spacial score (nSPS) is 39.4. The van der Waals surface area contributed by atoms with Crippen LogP contribution in [0.2, 0.25) is 0 Å². The number of aliphatic hydroxyl groups excluding tert-OH is 4. The molecule has 0 aromatic rings. The van der Waals surface area contributed by atoms with Crippen LogP contribution in [0.4, 0.5) is 0 Å². The minimum absolute atomic E-state index is 0.628. The van der Waals surface area contributed by atoms with Crippen molar-refractivity contribution in [3.8, 4) is 0 Å². The fourth-order valence-corrected chi connectivity index (χ4v) is 0.843.